The number of Topliss-reactive ketones (excluding diaryl/α,β-unsaturated/α-hetero) is 1. The lowest BCUT2D eigenvalue weighted by Gasteiger charge is -2.09. The highest BCUT2D eigenvalue weighted by Gasteiger charge is 2.11. The second-order valence-electron chi connectivity index (χ2n) is 4.83. The molecule has 0 aliphatic rings. The van der Waals surface area contributed by atoms with Gasteiger partial charge in [0.25, 0.3) is 0 Å². The number of carbonyl (C=O) groups excluding carboxylic acids is 2. The quantitative estimate of drug-likeness (QED) is 0.623. The third-order valence-corrected chi connectivity index (χ3v) is 3.24. The summed E-state index contributed by atoms with van der Waals surface area (Å²) in [4.78, 5) is 27.9. The Bertz CT molecular complexity index is 742. The fourth-order valence-electron chi connectivity index (χ4n) is 1.98. The summed E-state index contributed by atoms with van der Waals surface area (Å²) in [7, 11) is 3.02. The third kappa shape index (κ3) is 4.67. The van der Waals surface area contributed by atoms with Crippen molar-refractivity contribution in [1.29, 1.82) is 0 Å². The van der Waals surface area contributed by atoms with Crippen LogP contribution in [0.2, 0.25) is 0 Å². The maximum absolute atomic E-state index is 12.1. The van der Waals surface area contributed by atoms with Crippen molar-refractivity contribution < 1.29 is 19.1 Å². The van der Waals surface area contributed by atoms with E-state index in [9.17, 15) is 9.59 Å². The maximum Gasteiger partial charge on any atom is 0.244 e. The van der Waals surface area contributed by atoms with E-state index in [1.165, 1.54) is 20.3 Å². The fraction of sp³-hybridized carbons (Fsp3) is 0.167. The molecule has 0 aliphatic carbocycles. The van der Waals surface area contributed by atoms with Crippen LogP contribution in [0.3, 0.4) is 0 Å². The number of rotatable bonds is 7. The number of ketones is 1. The number of methoxy groups -OCH3 is 2. The minimum atomic E-state index is -0.354. The van der Waals surface area contributed by atoms with Gasteiger partial charge in [-0.2, -0.15) is 0 Å². The van der Waals surface area contributed by atoms with Crippen molar-refractivity contribution in [3.63, 3.8) is 0 Å². The molecule has 0 fully saturated rings. The van der Waals surface area contributed by atoms with Crippen molar-refractivity contribution >= 4 is 17.8 Å². The molecular weight excluding hydrogens is 308 g/mol. The van der Waals surface area contributed by atoms with E-state index < -0.39 is 0 Å². The Hall–Kier alpha value is -3.15. The van der Waals surface area contributed by atoms with Crippen LogP contribution in [0.25, 0.3) is 6.08 Å². The molecule has 0 saturated carbocycles. The summed E-state index contributed by atoms with van der Waals surface area (Å²) in [5.74, 6) is 0.426. The van der Waals surface area contributed by atoms with Gasteiger partial charge >= 0.3 is 0 Å². The number of hydrogen-bond donors (Lipinski definition) is 1. The Morgan fingerprint density at radius 2 is 1.96 bits per heavy atom. The third-order valence-electron chi connectivity index (χ3n) is 3.24. The van der Waals surface area contributed by atoms with E-state index in [4.69, 9.17) is 9.47 Å². The van der Waals surface area contributed by atoms with Crippen molar-refractivity contribution in [2.24, 2.45) is 0 Å². The summed E-state index contributed by atoms with van der Waals surface area (Å²) in [6, 6.07) is 8.46. The largest absolute Gasteiger partial charge is 0.493 e. The Morgan fingerprint density at radius 1 is 1.17 bits per heavy atom. The van der Waals surface area contributed by atoms with Crippen LogP contribution in [0.5, 0.6) is 11.5 Å². The molecule has 24 heavy (non-hydrogen) atoms. The van der Waals surface area contributed by atoms with Crippen molar-refractivity contribution in [3.05, 3.63) is 59.9 Å². The first kappa shape index (κ1) is 17.2. The lowest BCUT2D eigenvalue weighted by atomic mass is 10.1. The number of carbonyl (C=O) groups is 2. The number of amides is 1. The fourth-order valence-corrected chi connectivity index (χ4v) is 1.98. The Morgan fingerprint density at radius 3 is 2.62 bits per heavy atom. The van der Waals surface area contributed by atoms with E-state index >= 15 is 0 Å². The number of ether oxygens (including phenoxy) is 2. The number of benzene rings is 1. The predicted octanol–water partition coefficient (Wildman–Crippen LogP) is 2.11. The molecule has 6 nitrogen and oxygen atoms in total. The highest BCUT2D eigenvalue weighted by molar-refractivity contribution is 6.01. The molecule has 124 valence electrons. The molecule has 0 radical (unpaired) electrons. The minimum absolute atomic E-state index is 0.105. The van der Waals surface area contributed by atoms with Gasteiger partial charge in [0.1, 0.15) is 0 Å². The van der Waals surface area contributed by atoms with Gasteiger partial charge < -0.3 is 14.8 Å². The molecule has 0 aliphatic heterocycles. The van der Waals surface area contributed by atoms with Crippen LogP contribution in [0.15, 0.2) is 48.8 Å². The van der Waals surface area contributed by atoms with Crippen LogP contribution in [-0.2, 0) is 4.79 Å². The SMILES string of the molecule is COc1ccc(C(=O)CNC(=O)/C=C/c2cccnc2)cc1OC. The van der Waals surface area contributed by atoms with E-state index in [-0.39, 0.29) is 18.2 Å². The summed E-state index contributed by atoms with van der Waals surface area (Å²) in [5.41, 5.74) is 1.24. The molecule has 1 aromatic heterocycles. The summed E-state index contributed by atoms with van der Waals surface area (Å²) in [6.07, 6.45) is 6.28. The number of nitrogens with zero attached hydrogens (tertiary/aromatic N) is 1. The van der Waals surface area contributed by atoms with Crippen molar-refractivity contribution in [3.8, 4) is 11.5 Å². The Labute approximate surface area is 140 Å². The smallest absolute Gasteiger partial charge is 0.244 e. The van der Waals surface area contributed by atoms with Crippen LogP contribution in [-0.4, -0.2) is 37.4 Å². The topological polar surface area (TPSA) is 77.5 Å². The lowest BCUT2D eigenvalue weighted by Crippen LogP contribution is -2.28. The zero-order valence-electron chi connectivity index (χ0n) is 13.5. The molecule has 1 N–H and O–H groups in total. The summed E-state index contributed by atoms with van der Waals surface area (Å²) in [5, 5.41) is 2.55. The normalized spacial score (nSPS) is 10.4. The van der Waals surface area contributed by atoms with Gasteiger partial charge in [-0.15, -0.1) is 0 Å². The van der Waals surface area contributed by atoms with Gasteiger partial charge in [0.05, 0.1) is 20.8 Å². The molecule has 0 unspecified atom stereocenters. The van der Waals surface area contributed by atoms with Gasteiger partial charge in [-0.05, 0) is 35.9 Å². The molecule has 2 aromatic rings. The van der Waals surface area contributed by atoms with Crippen LogP contribution in [0.4, 0.5) is 0 Å². The van der Waals surface area contributed by atoms with Crippen molar-refractivity contribution in [2.45, 2.75) is 0 Å². The zero-order chi connectivity index (χ0) is 17.4. The average Bonchev–Trinajstić information content (AvgIpc) is 2.64. The van der Waals surface area contributed by atoms with Gasteiger partial charge in [0.15, 0.2) is 17.3 Å². The van der Waals surface area contributed by atoms with E-state index in [0.717, 1.165) is 5.56 Å². The Balaban J connectivity index is 1.93. The predicted molar refractivity (Wildman–Crippen MR) is 90.2 cm³/mol. The molecule has 1 amide bonds. The molecule has 0 saturated heterocycles. The standard InChI is InChI=1S/C18H18N2O4/c1-23-16-7-6-14(10-17(16)24-2)15(21)12-20-18(22)8-5-13-4-3-9-19-11-13/h3-11H,12H2,1-2H3,(H,20,22)/b8-5+. The summed E-state index contributed by atoms with van der Waals surface area (Å²) >= 11 is 0. The van der Waals surface area contributed by atoms with E-state index in [1.54, 1.807) is 42.7 Å². The van der Waals surface area contributed by atoms with Crippen LogP contribution >= 0.6 is 0 Å². The lowest BCUT2D eigenvalue weighted by molar-refractivity contribution is -0.116. The molecule has 1 heterocycles. The second-order valence-corrected chi connectivity index (χ2v) is 4.83. The molecule has 1 aromatic carbocycles. The second kappa shape index (κ2) is 8.47. The molecule has 6 heteroatoms. The Kier molecular flexibility index (Phi) is 6.08. The number of nitrogens with one attached hydrogen (secondary N) is 1. The van der Waals surface area contributed by atoms with Crippen molar-refractivity contribution in [1.82, 2.24) is 10.3 Å². The number of aromatic nitrogens is 1. The first-order valence-electron chi connectivity index (χ1n) is 7.25. The monoisotopic (exact) mass is 326 g/mol. The number of hydrogen-bond acceptors (Lipinski definition) is 5. The van der Waals surface area contributed by atoms with Gasteiger partial charge in [0.2, 0.25) is 5.91 Å². The first-order chi connectivity index (χ1) is 11.6. The average molecular weight is 326 g/mol. The van der Waals surface area contributed by atoms with Gasteiger partial charge in [-0.3, -0.25) is 14.6 Å². The summed E-state index contributed by atoms with van der Waals surface area (Å²) < 4.78 is 10.3. The molecule has 0 bridgehead atoms. The first-order valence-corrected chi connectivity index (χ1v) is 7.25. The van der Waals surface area contributed by atoms with Crippen molar-refractivity contribution in [2.75, 3.05) is 20.8 Å². The van der Waals surface area contributed by atoms with Gasteiger partial charge in [-0.1, -0.05) is 6.07 Å². The maximum atomic E-state index is 12.1. The van der Waals surface area contributed by atoms with Gasteiger partial charge in [-0.25, -0.2) is 0 Å². The molecule has 2 rings (SSSR count). The highest BCUT2D eigenvalue weighted by Crippen LogP contribution is 2.27. The molecule has 0 spiro atoms. The summed E-state index contributed by atoms with van der Waals surface area (Å²) in [6.45, 7) is -0.105. The van der Waals surface area contributed by atoms with E-state index in [1.807, 2.05) is 6.07 Å². The van der Waals surface area contributed by atoms with Crippen LogP contribution < -0.4 is 14.8 Å². The molecule has 0 atom stereocenters. The minimum Gasteiger partial charge on any atom is -0.493 e. The van der Waals surface area contributed by atoms with Crippen LogP contribution in [0, 0.1) is 0 Å². The van der Waals surface area contributed by atoms with E-state index in [2.05, 4.69) is 10.3 Å². The van der Waals surface area contributed by atoms with E-state index in [0.29, 0.717) is 17.1 Å². The van der Waals surface area contributed by atoms with Gasteiger partial charge in [0, 0.05) is 24.0 Å². The zero-order valence-corrected chi connectivity index (χ0v) is 13.5. The highest BCUT2D eigenvalue weighted by atomic mass is 16.5. The number of pyridine rings is 1. The van der Waals surface area contributed by atoms with Crippen LogP contribution in [0.1, 0.15) is 15.9 Å². The molecular formula is C18H18N2O4.